The maximum Gasteiger partial charge on any atom is 0.228 e. The Kier molecular flexibility index (Phi) is 4.20. The van der Waals surface area contributed by atoms with E-state index >= 15 is 0 Å². The topological polar surface area (TPSA) is 54.0 Å². The Morgan fingerprint density at radius 3 is 2.58 bits per heavy atom. The monoisotopic (exact) mass is 261 g/mol. The number of rotatable bonds is 4. The van der Waals surface area contributed by atoms with E-state index < -0.39 is 0 Å². The number of pyridine rings is 1. The summed E-state index contributed by atoms with van der Waals surface area (Å²) in [6, 6.07) is 3.91. The Labute approximate surface area is 115 Å². The van der Waals surface area contributed by atoms with Gasteiger partial charge in [-0.2, -0.15) is 0 Å². The molecule has 2 rings (SSSR count). The van der Waals surface area contributed by atoms with Crippen molar-refractivity contribution in [1.82, 2.24) is 15.6 Å². The Morgan fingerprint density at radius 2 is 2.05 bits per heavy atom. The number of carbonyl (C=O) groups is 1. The number of hydrogen-bond acceptors (Lipinski definition) is 3. The van der Waals surface area contributed by atoms with Crippen LogP contribution in [0.25, 0.3) is 0 Å². The van der Waals surface area contributed by atoms with Gasteiger partial charge in [0.1, 0.15) is 0 Å². The van der Waals surface area contributed by atoms with Crippen LogP contribution in [0.4, 0.5) is 0 Å². The Bertz CT molecular complexity index is 424. The standard InChI is InChI=1S/C15H23N3O/c1-11(2)15(6-9-17-10-15)14(19)18-12(3)13-4-7-16-8-5-13/h4-5,7-8,11-12,17H,6,9-10H2,1-3H3,(H,18,19)/t12-,15?/m1/s1. The quantitative estimate of drug-likeness (QED) is 0.870. The van der Waals surface area contributed by atoms with Crippen LogP contribution in [-0.4, -0.2) is 24.0 Å². The van der Waals surface area contributed by atoms with Crippen LogP contribution >= 0.6 is 0 Å². The summed E-state index contributed by atoms with van der Waals surface area (Å²) in [5, 5.41) is 6.47. The molecule has 1 aromatic heterocycles. The highest BCUT2D eigenvalue weighted by Crippen LogP contribution is 2.35. The second-order valence-electron chi connectivity index (χ2n) is 5.71. The first-order valence-corrected chi connectivity index (χ1v) is 6.98. The molecular formula is C15H23N3O. The van der Waals surface area contributed by atoms with Crippen LogP contribution in [0.2, 0.25) is 0 Å². The molecule has 1 fully saturated rings. The van der Waals surface area contributed by atoms with Gasteiger partial charge in [-0.05, 0) is 43.5 Å². The minimum Gasteiger partial charge on any atom is -0.349 e. The van der Waals surface area contributed by atoms with Crippen LogP contribution in [0.3, 0.4) is 0 Å². The van der Waals surface area contributed by atoms with E-state index in [9.17, 15) is 4.79 Å². The highest BCUT2D eigenvalue weighted by molar-refractivity contribution is 5.84. The second kappa shape index (κ2) is 5.70. The van der Waals surface area contributed by atoms with E-state index in [0.29, 0.717) is 5.92 Å². The Hall–Kier alpha value is -1.42. The molecular weight excluding hydrogens is 238 g/mol. The molecule has 2 N–H and O–H groups in total. The predicted octanol–water partition coefficient (Wildman–Crippen LogP) is 1.89. The molecule has 2 heterocycles. The first-order chi connectivity index (χ1) is 9.06. The van der Waals surface area contributed by atoms with Crippen molar-refractivity contribution in [3.05, 3.63) is 30.1 Å². The van der Waals surface area contributed by atoms with Gasteiger partial charge in [-0.15, -0.1) is 0 Å². The third-order valence-corrected chi connectivity index (χ3v) is 4.30. The third kappa shape index (κ3) is 2.78. The number of hydrogen-bond donors (Lipinski definition) is 2. The van der Waals surface area contributed by atoms with E-state index in [0.717, 1.165) is 25.1 Å². The van der Waals surface area contributed by atoms with Gasteiger partial charge in [0.25, 0.3) is 0 Å². The van der Waals surface area contributed by atoms with Gasteiger partial charge in [-0.25, -0.2) is 0 Å². The van der Waals surface area contributed by atoms with Gasteiger partial charge < -0.3 is 10.6 Å². The van der Waals surface area contributed by atoms with Crippen LogP contribution in [0.15, 0.2) is 24.5 Å². The van der Waals surface area contributed by atoms with Gasteiger partial charge in [-0.3, -0.25) is 9.78 Å². The number of amides is 1. The summed E-state index contributed by atoms with van der Waals surface area (Å²) >= 11 is 0. The smallest absolute Gasteiger partial charge is 0.228 e. The minimum atomic E-state index is -0.263. The molecule has 0 saturated carbocycles. The van der Waals surface area contributed by atoms with Crippen molar-refractivity contribution in [2.45, 2.75) is 33.2 Å². The van der Waals surface area contributed by atoms with Gasteiger partial charge in [0.15, 0.2) is 0 Å². The molecule has 2 atom stereocenters. The molecule has 4 nitrogen and oxygen atoms in total. The van der Waals surface area contributed by atoms with Gasteiger partial charge in [-0.1, -0.05) is 13.8 Å². The average Bonchev–Trinajstić information content (AvgIpc) is 2.90. The van der Waals surface area contributed by atoms with Crippen molar-refractivity contribution >= 4 is 5.91 Å². The fourth-order valence-corrected chi connectivity index (χ4v) is 2.74. The van der Waals surface area contributed by atoms with E-state index in [1.807, 2.05) is 19.1 Å². The number of aromatic nitrogens is 1. The van der Waals surface area contributed by atoms with Gasteiger partial charge >= 0.3 is 0 Å². The molecule has 1 aliphatic rings. The van der Waals surface area contributed by atoms with Crippen molar-refractivity contribution in [1.29, 1.82) is 0 Å². The van der Waals surface area contributed by atoms with E-state index in [4.69, 9.17) is 0 Å². The average molecular weight is 261 g/mol. The van der Waals surface area contributed by atoms with E-state index in [1.54, 1.807) is 12.4 Å². The summed E-state index contributed by atoms with van der Waals surface area (Å²) in [6.45, 7) is 7.98. The molecule has 1 aromatic rings. The maximum atomic E-state index is 12.6. The number of carbonyl (C=O) groups excluding carboxylic acids is 1. The molecule has 1 aliphatic heterocycles. The Balaban J connectivity index is 2.08. The lowest BCUT2D eigenvalue weighted by Crippen LogP contribution is -2.46. The van der Waals surface area contributed by atoms with Crippen LogP contribution in [0.5, 0.6) is 0 Å². The van der Waals surface area contributed by atoms with Gasteiger partial charge in [0, 0.05) is 18.9 Å². The van der Waals surface area contributed by atoms with Gasteiger partial charge in [0.05, 0.1) is 11.5 Å². The van der Waals surface area contributed by atoms with Crippen molar-refractivity contribution < 1.29 is 4.79 Å². The van der Waals surface area contributed by atoms with Crippen molar-refractivity contribution in [2.24, 2.45) is 11.3 Å². The predicted molar refractivity (Wildman–Crippen MR) is 75.6 cm³/mol. The van der Waals surface area contributed by atoms with Crippen molar-refractivity contribution in [2.75, 3.05) is 13.1 Å². The molecule has 104 valence electrons. The summed E-state index contributed by atoms with van der Waals surface area (Å²) in [7, 11) is 0. The lowest BCUT2D eigenvalue weighted by molar-refractivity contribution is -0.133. The minimum absolute atomic E-state index is 0.0201. The Morgan fingerprint density at radius 1 is 1.37 bits per heavy atom. The molecule has 1 amide bonds. The zero-order chi connectivity index (χ0) is 13.9. The molecule has 1 saturated heterocycles. The molecule has 4 heteroatoms. The van der Waals surface area contributed by atoms with Crippen LogP contribution in [0.1, 0.15) is 38.8 Å². The molecule has 0 radical (unpaired) electrons. The van der Waals surface area contributed by atoms with E-state index in [1.165, 1.54) is 0 Å². The van der Waals surface area contributed by atoms with Crippen molar-refractivity contribution in [3.8, 4) is 0 Å². The molecule has 0 aromatic carbocycles. The second-order valence-corrected chi connectivity index (χ2v) is 5.71. The summed E-state index contributed by atoms with van der Waals surface area (Å²) in [5.41, 5.74) is 0.828. The fraction of sp³-hybridized carbons (Fsp3) is 0.600. The summed E-state index contributed by atoms with van der Waals surface area (Å²) in [6.07, 6.45) is 4.43. The fourth-order valence-electron chi connectivity index (χ4n) is 2.74. The molecule has 0 spiro atoms. The largest absolute Gasteiger partial charge is 0.349 e. The summed E-state index contributed by atoms with van der Waals surface area (Å²) < 4.78 is 0. The number of nitrogens with one attached hydrogen (secondary N) is 2. The molecule has 1 unspecified atom stereocenters. The van der Waals surface area contributed by atoms with E-state index in [2.05, 4.69) is 29.5 Å². The molecule has 0 aliphatic carbocycles. The van der Waals surface area contributed by atoms with E-state index in [-0.39, 0.29) is 17.4 Å². The first-order valence-electron chi connectivity index (χ1n) is 6.98. The van der Waals surface area contributed by atoms with Crippen molar-refractivity contribution in [3.63, 3.8) is 0 Å². The first kappa shape index (κ1) is 14.0. The SMILES string of the molecule is CC(C)C1(C(=O)N[C@H](C)c2ccncc2)CCNC1. The van der Waals surface area contributed by atoms with Gasteiger partial charge in [0.2, 0.25) is 5.91 Å². The molecule has 0 bridgehead atoms. The maximum absolute atomic E-state index is 12.6. The number of nitrogens with zero attached hydrogens (tertiary/aromatic N) is 1. The summed E-state index contributed by atoms with van der Waals surface area (Å²) in [4.78, 5) is 16.6. The van der Waals surface area contributed by atoms with Crippen LogP contribution < -0.4 is 10.6 Å². The lowest BCUT2D eigenvalue weighted by atomic mass is 9.75. The normalized spacial score (nSPS) is 24.4. The zero-order valence-electron chi connectivity index (χ0n) is 11.9. The highest BCUT2D eigenvalue weighted by Gasteiger charge is 2.44. The third-order valence-electron chi connectivity index (χ3n) is 4.30. The highest BCUT2D eigenvalue weighted by atomic mass is 16.2. The van der Waals surface area contributed by atoms with Crippen LogP contribution in [-0.2, 0) is 4.79 Å². The summed E-state index contributed by atoms with van der Waals surface area (Å²) in [5.74, 6) is 0.504. The lowest BCUT2D eigenvalue weighted by Gasteiger charge is -2.32. The van der Waals surface area contributed by atoms with Crippen LogP contribution in [0, 0.1) is 11.3 Å². The molecule has 19 heavy (non-hydrogen) atoms. The zero-order valence-corrected chi connectivity index (χ0v) is 11.9.